The molecule has 0 aliphatic rings. The molecule has 1 aromatic heterocycles. The highest BCUT2D eigenvalue weighted by molar-refractivity contribution is 9.10. The van der Waals surface area contributed by atoms with Crippen LogP contribution in [0.15, 0.2) is 39.7 Å². The number of nitro groups is 1. The zero-order valence-electron chi connectivity index (χ0n) is 11.2. The smallest absolute Gasteiger partial charge is 0.293 e. The van der Waals surface area contributed by atoms with Crippen molar-refractivity contribution in [3.63, 3.8) is 0 Å². The summed E-state index contributed by atoms with van der Waals surface area (Å²) in [6.45, 7) is 1.96. The molecule has 0 saturated carbocycles. The van der Waals surface area contributed by atoms with Gasteiger partial charge in [-0.2, -0.15) is 0 Å². The van der Waals surface area contributed by atoms with Gasteiger partial charge in [0.15, 0.2) is 0 Å². The van der Waals surface area contributed by atoms with E-state index in [2.05, 4.69) is 21.4 Å². The molecule has 8 heteroatoms. The molecule has 0 bridgehead atoms. The molecule has 0 aliphatic carbocycles. The minimum atomic E-state index is -0.520. The van der Waals surface area contributed by atoms with Crippen molar-refractivity contribution < 1.29 is 4.92 Å². The Labute approximate surface area is 128 Å². The Morgan fingerprint density at radius 1 is 1.43 bits per heavy atom. The average molecular weight is 353 g/mol. The van der Waals surface area contributed by atoms with Gasteiger partial charge in [-0.15, -0.1) is 0 Å². The number of benzene rings is 1. The van der Waals surface area contributed by atoms with Crippen molar-refractivity contribution in [2.45, 2.75) is 13.5 Å². The van der Waals surface area contributed by atoms with E-state index in [1.54, 1.807) is 25.3 Å². The molecule has 3 N–H and O–H groups in total. The van der Waals surface area contributed by atoms with Crippen molar-refractivity contribution in [1.82, 2.24) is 4.57 Å². The number of nitrogens with one attached hydrogen (secondary N) is 1. The van der Waals surface area contributed by atoms with Crippen molar-refractivity contribution in [2.75, 3.05) is 5.43 Å². The van der Waals surface area contributed by atoms with Crippen molar-refractivity contribution >= 4 is 27.3 Å². The molecule has 0 amide bonds. The zero-order valence-corrected chi connectivity index (χ0v) is 12.8. The number of halogens is 1. The minimum absolute atomic E-state index is 0.130. The number of nitrogens with two attached hydrogens (primary N) is 1. The van der Waals surface area contributed by atoms with Gasteiger partial charge in [0.2, 0.25) is 0 Å². The zero-order chi connectivity index (χ0) is 15.6. The lowest BCUT2D eigenvalue weighted by molar-refractivity contribution is -0.384. The minimum Gasteiger partial charge on any atom is -0.318 e. The molecule has 0 radical (unpaired) electrons. The molecular weight excluding hydrogens is 340 g/mol. The molecule has 1 aromatic carbocycles. The number of hydrazine groups is 1. The molecule has 0 spiro atoms. The predicted molar refractivity (Wildman–Crippen MR) is 83.1 cm³/mol. The van der Waals surface area contributed by atoms with Crippen LogP contribution in [0.1, 0.15) is 11.1 Å². The van der Waals surface area contributed by atoms with E-state index < -0.39 is 4.92 Å². The van der Waals surface area contributed by atoms with E-state index in [0.717, 1.165) is 4.47 Å². The van der Waals surface area contributed by atoms with Crippen LogP contribution >= 0.6 is 15.9 Å². The molecule has 21 heavy (non-hydrogen) atoms. The Morgan fingerprint density at radius 2 is 2.14 bits per heavy atom. The number of hydrogen-bond acceptors (Lipinski definition) is 5. The Morgan fingerprint density at radius 3 is 2.76 bits per heavy atom. The molecule has 0 unspecified atom stereocenters. The highest BCUT2D eigenvalue weighted by Gasteiger charge is 2.14. The predicted octanol–water partition coefficient (Wildman–Crippen LogP) is 2.16. The lowest BCUT2D eigenvalue weighted by Crippen LogP contribution is -2.22. The standard InChI is InChI=1S/C13H13BrN4O3/c1-8-4-10(14)7-17(13(8)19)6-9-2-3-11(16-15)12(5-9)18(20)21/h2-5,7,16H,6,15H2,1H3. The number of pyridine rings is 1. The van der Waals surface area contributed by atoms with E-state index in [1.165, 1.54) is 16.7 Å². The summed E-state index contributed by atoms with van der Waals surface area (Å²) in [4.78, 5) is 22.5. The van der Waals surface area contributed by atoms with Crippen LogP contribution in [0.5, 0.6) is 0 Å². The fourth-order valence-corrected chi connectivity index (χ4v) is 2.59. The SMILES string of the molecule is Cc1cc(Br)cn(Cc2ccc(NN)c([N+](=O)[O-])c2)c1=O. The van der Waals surface area contributed by atoms with Gasteiger partial charge < -0.3 is 9.99 Å². The molecule has 2 rings (SSSR count). The molecule has 1 heterocycles. The fourth-order valence-electron chi connectivity index (χ4n) is 2.00. The van der Waals surface area contributed by atoms with Gasteiger partial charge in [0.25, 0.3) is 11.2 Å². The lowest BCUT2D eigenvalue weighted by atomic mass is 10.1. The molecule has 0 aliphatic heterocycles. The summed E-state index contributed by atoms with van der Waals surface area (Å²) in [6.07, 6.45) is 1.65. The van der Waals surface area contributed by atoms with Crippen LogP contribution < -0.4 is 16.8 Å². The van der Waals surface area contributed by atoms with E-state index in [0.29, 0.717) is 11.1 Å². The molecule has 0 saturated heterocycles. The van der Waals surface area contributed by atoms with Gasteiger partial charge in [-0.05, 0) is 40.5 Å². The number of aryl methyl sites for hydroxylation is 1. The monoisotopic (exact) mass is 352 g/mol. The topological polar surface area (TPSA) is 103 Å². The van der Waals surface area contributed by atoms with Crippen molar-refractivity contribution in [1.29, 1.82) is 0 Å². The first-order chi connectivity index (χ1) is 9.92. The van der Waals surface area contributed by atoms with Gasteiger partial charge >= 0.3 is 0 Å². The lowest BCUT2D eigenvalue weighted by Gasteiger charge is -2.09. The summed E-state index contributed by atoms with van der Waals surface area (Å²) in [6, 6.07) is 6.33. The molecular formula is C13H13BrN4O3. The summed E-state index contributed by atoms with van der Waals surface area (Å²) in [5.41, 5.74) is 3.47. The maximum absolute atomic E-state index is 12.0. The van der Waals surface area contributed by atoms with Gasteiger partial charge in [-0.1, -0.05) is 6.07 Å². The Bertz CT molecular complexity index is 758. The largest absolute Gasteiger partial charge is 0.318 e. The third kappa shape index (κ3) is 3.29. The fraction of sp³-hybridized carbons (Fsp3) is 0.154. The van der Waals surface area contributed by atoms with Crippen molar-refractivity contribution in [3.8, 4) is 0 Å². The van der Waals surface area contributed by atoms with Gasteiger partial charge in [0.05, 0.1) is 11.5 Å². The molecule has 2 aromatic rings. The van der Waals surface area contributed by atoms with Gasteiger partial charge in [-0.25, -0.2) is 0 Å². The van der Waals surface area contributed by atoms with E-state index in [-0.39, 0.29) is 23.5 Å². The third-order valence-corrected chi connectivity index (χ3v) is 3.43. The quantitative estimate of drug-likeness (QED) is 0.498. The molecule has 110 valence electrons. The first kappa shape index (κ1) is 15.2. The maximum atomic E-state index is 12.0. The molecule has 0 atom stereocenters. The number of aromatic nitrogens is 1. The summed E-state index contributed by atoms with van der Waals surface area (Å²) in [5, 5.41) is 11.0. The van der Waals surface area contributed by atoms with Crippen LogP contribution in [0, 0.1) is 17.0 Å². The maximum Gasteiger partial charge on any atom is 0.293 e. The third-order valence-electron chi connectivity index (χ3n) is 3.00. The summed E-state index contributed by atoms with van der Waals surface area (Å²) < 4.78 is 2.27. The highest BCUT2D eigenvalue weighted by atomic mass is 79.9. The van der Waals surface area contributed by atoms with Crippen molar-refractivity contribution in [3.05, 3.63) is 66.5 Å². The second kappa shape index (κ2) is 6.06. The Balaban J connectivity index is 2.43. The van der Waals surface area contributed by atoms with Crippen LogP contribution in [-0.2, 0) is 6.54 Å². The Hall–Kier alpha value is -2.19. The number of nitrogen functional groups attached to an aromatic ring is 1. The van der Waals surface area contributed by atoms with Crippen LogP contribution in [-0.4, -0.2) is 9.49 Å². The second-order valence-electron chi connectivity index (χ2n) is 4.53. The first-order valence-electron chi connectivity index (χ1n) is 6.03. The molecule has 0 fully saturated rings. The van der Waals surface area contributed by atoms with E-state index in [4.69, 9.17) is 5.84 Å². The van der Waals surface area contributed by atoms with Gasteiger partial charge in [-0.3, -0.25) is 20.8 Å². The first-order valence-corrected chi connectivity index (χ1v) is 6.82. The van der Waals surface area contributed by atoms with E-state index in [9.17, 15) is 14.9 Å². The number of rotatable bonds is 4. The summed E-state index contributed by atoms with van der Waals surface area (Å²) in [5.74, 6) is 5.24. The van der Waals surface area contributed by atoms with E-state index >= 15 is 0 Å². The molecule has 7 nitrogen and oxygen atoms in total. The van der Waals surface area contributed by atoms with Crippen LogP contribution in [0.25, 0.3) is 0 Å². The number of nitro benzene ring substituents is 1. The van der Waals surface area contributed by atoms with Gasteiger partial charge in [0, 0.05) is 22.3 Å². The van der Waals surface area contributed by atoms with E-state index in [1.807, 2.05) is 0 Å². The van der Waals surface area contributed by atoms with Crippen LogP contribution in [0.2, 0.25) is 0 Å². The number of hydrogen-bond donors (Lipinski definition) is 2. The number of anilines is 1. The summed E-state index contributed by atoms with van der Waals surface area (Å²) in [7, 11) is 0. The van der Waals surface area contributed by atoms with Crippen LogP contribution in [0.4, 0.5) is 11.4 Å². The normalized spacial score (nSPS) is 10.4. The van der Waals surface area contributed by atoms with Gasteiger partial charge in [0.1, 0.15) is 5.69 Å². The average Bonchev–Trinajstić information content (AvgIpc) is 2.44. The number of nitrogens with zero attached hydrogens (tertiary/aromatic N) is 2. The Kier molecular flexibility index (Phi) is 4.39. The summed E-state index contributed by atoms with van der Waals surface area (Å²) >= 11 is 3.33. The highest BCUT2D eigenvalue weighted by Crippen LogP contribution is 2.25. The second-order valence-corrected chi connectivity index (χ2v) is 5.44. The van der Waals surface area contributed by atoms with Crippen LogP contribution in [0.3, 0.4) is 0 Å². The van der Waals surface area contributed by atoms with Crippen molar-refractivity contribution in [2.24, 2.45) is 5.84 Å².